The highest BCUT2D eigenvalue weighted by Gasteiger charge is 2.30. The van der Waals surface area contributed by atoms with Crippen LogP contribution in [0.15, 0.2) is 84.9 Å². The fourth-order valence-electron chi connectivity index (χ4n) is 3.79. The molecule has 0 fully saturated rings. The molecular formula is C29H34F2NO4Si. The summed E-state index contributed by atoms with van der Waals surface area (Å²) in [6, 6.07) is 25.9. The summed E-state index contributed by atoms with van der Waals surface area (Å²) in [4.78, 5) is 13.6. The van der Waals surface area contributed by atoms with E-state index in [1.165, 1.54) is 5.56 Å². The highest BCUT2D eigenvalue weighted by molar-refractivity contribution is 6.80. The van der Waals surface area contributed by atoms with Gasteiger partial charge in [0.2, 0.25) is 0 Å². The molecule has 0 aliphatic heterocycles. The second-order valence-electron chi connectivity index (χ2n) is 9.75. The number of carbonyl (C=O) groups excluding carboxylic acids is 1. The molecule has 0 aliphatic rings. The number of rotatable bonds is 11. The van der Waals surface area contributed by atoms with Gasteiger partial charge in [-0.15, -0.1) is 0 Å². The van der Waals surface area contributed by atoms with Gasteiger partial charge < -0.3 is 14.3 Å². The van der Waals surface area contributed by atoms with Gasteiger partial charge in [-0.1, -0.05) is 106 Å². The van der Waals surface area contributed by atoms with Crippen molar-refractivity contribution in [2.45, 2.75) is 45.3 Å². The summed E-state index contributed by atoms with van der Waals surface area (Å²) < 4.78 is 38.4. The van der Waals surface area contributed by atoms with Crippen molar-refractivity contribution in [3.8, 4) is 0 Å². The number of aliphatic hydroxyl groups is 1. The first-order valence-electron chi connectivity index (χ1n) is 12.2. The molecule has 0 aromatic heterocycles. The Hall–Kier alpha value is -3.07. The number of amides is 1. The Morgan fingerprint density at radius 2 is 1.49 bits per heavy atom. The molecule has 1 radical (unpaired) electrons. The Balaban J connectivity index is 1.78. The van der Waals surface area contributed by atoms with Crippen molar-refractivity contribution in [1.29, 1.82) is 0 Å². The fourth-order valence-corrected chi connectivity index (χ4v) is 5.78. The second kappa shape index (κ2) is 13.5. The smallest absolute Gasteiger partial charge is 0.410 e. The van der Waals surface area contributed by atoms with Gasteiger partial charge in [-0.2, -0.15) is 0 Å². The van der Waals surface area contributed by atoms with Crippen LogP contribution in [0.2, 0.25) is 0 Å². The summed E-state index contributed by atoms with van der Waals surface area (Å²) in [6.45, 7) is 4.84. The van der Waals surface area contributed by atoms with Crippen molar-refractivity contribution in [1.82, 2.24) is 4.90 Å². The molecule has 1 N–H and O–H groups in total. The van der Waals surface area contributed by atoms with Crippen LogP contribution in [0.3, 0.4) is 0 Å². The minimum atomic E-state index is -2.79. The van der Waals surface area contributed by atoms with E-state index in [-0.39, 0.29) is 18.6 Å². The van der Waals surface area contributed by atoms with Crippen molar-refractivity contribution in [2.75, 3.05) is 19.8 Å². The largest absolute Gasteiger partial charge is 0.445 e. The van der Waals surface area contributed by atoms with Crippen LogP contribution in [-0.4, -0.2) is 57.4 Å². The zero-order valence-corrected chi connectivity index (χ0v) is 22.4. The van der Waals surface area contributed by atoms with Gasteiger partial charge in [0.1, 0.15) is 6.61 Å². The van der Waals surface area contributed by atoms with Crippen molar-refractivity contribution < 1.29 is 27.8 Å². The standard InChI is InChI=1S/C29H34F2NO4Si/c1-29(2,3)23-14-16-26(17-15-23)37(25-12-8-5-9-13-25)36-21-24(19-33)32(18-27(30)31)28(34)35-20-22-10-6-4-7-11-22/h4-17,24,27,33H,18-21H2,1-3H3. The first kappa shape index (κ1) is 28.5. The number of aliphatic hydroxyl groups excluding tert-OH is 1. The van der Waals surface area contributed by atoms with Crippen LogP contribution < -0.4 is 10.4 Å². The van der Waals surface area contributed by atoms with Gasteiger partial charge in [-0.05, 0) is 26.9 Å². The summed E-state index contributed by atoms with van der Waals surface area (Å²) in [5.74, 6) is 0. The Bertz CT molecular complexity index is 1090. The zero-order valence-electron chi connectivity index (χ0n) is 21.4. The first-order chi connectivity index (χ1) is 17.7. The topological polar surface area (TPSA) is 59.0 Å². The van der Waals surface area contributed by atoms with Gasteiger partial charge in [0, 0.05) is 0 Å². The van der Waals surface area contributed by atoms with E-state index in [0.29, 0.717) is 0 Å². The van der Waals surface area contributed by atoms with E-state index in [1.54, 1.807) is 24.3 Å². The predicted molar refractivity (Wildman–Crippen MR) is 143 cm³/mol. The third-order valence-corrected chi connectivity index (χ3v) is 8.07. The lowest BCUT2D eigenvalue weighted by Gasteiger charge is -2.30. The minimum absolute atomic E-state index is 0.00307. The molecular weight excluding hydrogens is 492 g/mol. The van der Waals surface area contributed by atoms with Crippen LogP contribution in [0, 0.1) is 0 Å². The lowest BCUT2D eigenvalue weighted by Crippen LogP contribution is -2.51. The van der Waals surface area contributed by atoms with Gasteiger partial charge in [0.15, 0.2) is 0 Å². The molecule has 0 saturated heterocycles. The maximum absolute atomic E-state index is 13.4. The molecule has 197 valence electrons. The third kappa shape index (κ3) is 8.48. The van der Waals surface area contributed by atoms with E-state index >= 15 is 0 Å². The number of ether oxygens (including phenoxy) is 1. The SMILES string of the molecule is CC(C)(C)c1ccc([Si](OCC(CO)N(CC(F)F)C(=O)OCc2ccccc2)c2ccccc2)cc1. The Morgan fingerprint density at radius 1 is 0.919 bits per heavy atom. The lowest BCUT2D eigenvalue weighted by atomic mass is 9.87. The summed E-state index contributed by atoms with van der Waals surface area (Å²) in [7, 11) is -1.78. The molecule has 37 heavy (non-hydrogen) atoms. The molecule has 0 aliphatic carbocycles. The Morgan fingerprint density at radius 3 is 2.03 bits per heavy atom. The first-order valence-corrected chi connectivity index (χ1v) is 13.6. The Kier molecular flexibility index (Phi) is 10.4. The van der Waals surface area contributed by atoms with Crippen LogP contribution in [0.25, 0.3) is 0 Å². The average Bonchev–Trinajstić information content (AvgIpc) is 2.89. The van der Waals surface area contributed by atoms with E-state index in [2.05, 4.69) is 32.9 Å². The molecule has 3 rings (SSSR count). The van der Waals surface area contributed by atoms with Gasteiger partial charge in [-0.25, -0.2) is 13.6 Å². The fraction of sp³-hybridized carbons (Fsp3) is 0.345. The van der Waals surface area contributed by atoms with Crippen LogP contribution in [0.4, 0.5) is 13.6 Å². The quantitative estimate of drug-likeness (QED) is 0.377. The number of hydrogen-bond donors (Lipinski definition) is 1. The average molecular weight is 527 g/mol. The molecule has 0 heterocycles. The van der Waals surface area contributed by atoms with Crippen molar-refractivity contribution >= 4 is 25.5 Å². The van der Waals surface area contributed by atoms with E-state index in [1.807, 2.05) is 48.5 Å². The number of hydrogen-bond acceptors (Lipinski definition) is 4. The summed E-state index contributed by atoms with van der Waals surface area (Å²) in [6.07, 6.45) is -3.71. The van der Waals surface area contributed by atoms with E-state index in [9.17, 15) is 18.7 Å². The Labute approximate surface area is 219 Å². The molecule has 5 nitrogen and oxygen atoms in total. The molecule has 1 atom stereocenters. The highest BCUT2D eigenvalue weighted by Crippen LogP contribution is 2.21. The van der Waals surface area contributed by atoms with Gasteiger partial charge in [-0.3, -0.25) is 4.90 Å². The molecule has 1 amide bonds. The summed E-state index contributed by atoms with van der Waals surface area (Å²) in [5, 5.41) is 12.0. The number of halogens is 2. The van der Waals surface area contributed by atoms with E-state index < -0.39 is 40.8 Å². The molecule has 0 saturated carbocycles. The zero-order chi connectivity index (χ0) is 26.8. The van der Waals surface area contributed by atoms with Crippen LogP contribution >= 0.6 is 0 Å². The highest BCUT2D eigenvalue weighted by atomic mass is 28.3. The molecule has 3 aromatic rings. The molecule has 3 aromatic carbocycles. The molecule has 0 bridgehead atoms. The van der Waals surface area contributed by atoms with E-state index in [4.69, 9.17) is 9.16 Å². The normalized spacial score (nSPS) is 12.5. The number of alkyl halides is 2. The maximum atomic E-state index is 13.4. The number of nitrogens with zero attached hydrogens (tertiary/aromatic N) is 1. The van der Waals surface area contributed by atoms with Crippen LogP contribution in [0.5, 0.6) is 0 Å². The molecule has 1 unspecified atom stereocenters. The molecule has 0 spiro atoms. The van der Waals surface area contributed by atoms with Gasteiger partial charge in [0.25, 0.3) is 15.5 Å². The van der Waals surface area contributed by atoms with Crippen molar-refractivity contribution in [3.63, 3.8) is 0 Å². The number of carbonyl (C=O) groups is 1. The maximum Gasteiger partial charge on any atom is 0.410 e. The van der Waals surface area contributed by atoms with Gasteiger partial charge in [0.05, 0.1) is 25.8 Å². The number of benzene rings is 3. The summed E-state index contributed by atoms with van der Waals surface area (Å²) >= 11 is 0. The van der Waals surface area contributed by atoms with Crippen molar-refractivity contribution in [2.24, 2.45) is 0 Å². The van der Waals surface area contributed by atoms with Gasteiger partial charge >= 0.3 is 6.09 Å². The summed E-state index contributed by atoms with van der Waals surface area (Å²) in [5.41, 5.74) is 1.91. The lowest BCUT2D eigenvalue weighted by molar-refractivity contribution is 0.0159. The van der Waals surface area contributed by atoms with Crippen LogP contribution in [-0.2, 0) is 21.2 Å². The molecule has 8 heteroatoms. The van der Waals surface area contributed by atoms with Crippen molar-refractivity contribution in [3.05, 3.63) is 96.1 Å². The predicted octanol–water partition coefficient (Wildman–Crippen LogP) is 4.37. The monoisotopic (exact) mass is 526 g/mol. The third-order valence-electron chi connectivity index (χ3n) is 5.90. The minimum Gasteiger partial charge on any atom is -0.445 e. The second-order valence-corrected chi connectivity index (χ2v) is 11.9. The van der Waals surface area contributed by atoms with E-state index in [0.717, 1.165) is 20.8 Å². The van der Waals surface area contributed by atoms with Crippen LogP contribution in [0.1, 0.15) is 31.9 Å².